The number of nitriles is 1. The normalized spacial score (nSPS) is 9.00. The summed E-state index contributed by atoms with van der Waals surface area (Å²) in [6, 6.07) is 6.90. The smallest absolute Gasteiger partial charge is 0.128 e. The molecule has 1 aromatic rings. The van der Waals surface area contributed by atoms with Gasteiger partial charge >= 0.3 is 0 Å². The Bertz CT molecular complexity index is 365. The topological polar surface area (TPSA) is 44.0 Å². The number of phenolic OH excluding ortho intramolecular Hbond substituents is 1. The van der Waals surface area contributed by atoms with Crippen LogP contribution in [-0.4, -0.2) is 5.11 Å². The first kappa shape index (κ1) is 9.07. The fourth-order valence-corrected chi connectivity index (χ4v) is 1.27. The van der Waals surface area contributed by atoms with Crippen molar-refractivity contribution < 1.29 is 5.11 Å². The Kier molecular flexibility index (Phi) is 2.71. The molecule has 0 saturated carbocycles. The third kappa shape index (κ3) is 1.77. The summed E-state index contributed by atoms with van der Waals surface area (Å²) in [5.74, 6) is 0.227. The largest absolute Gasteiger partial charge is 0.507 e. The lowest BCUT2D eigenvalue weighted by atomic mass is 10.1. The summed E-state index contributed by atoms with van der Waals surface area (Å²) in [6.07, 6.45) is 0. The summed E-state index contributed by atoms with van der Waals surface area (Å²) in [6.45, 7) is 3.57. The highest BCUT2D eigenvalue weighted by Gasteiger charge is 2.01. The minimum atomic E-state index is 0.227. The average molecular weight is 271 g/mol. The van der Waals surface area contributed by atoms with E-state index in [0.717, 1.165) is 9.13 Å². The van der Waals surface area contributed by atoms with E-state index >= 15 is 0 Å². The van der Waals surface area contributed by atoms with Crippen LogP contribution in [0.4, 0.5) is 0 Å². The SMILES string of the molecule is C=C(C#N)c1ccc(O)c(I)c1. The van der Waals surface area contributed by atoms with Crippen molar-refractivity contribution in [2.45, 2.75) is 0 Å². The predicted molar refractivity (Wildman–Crippen MR) is 55.5 cm³/mol. The third-order valence-corrected chi connectivity index (χ3v) is 2.30. The molecule has 0 aliphatic heterocycles. The summed E-state index contributed by atoms with van der Waals surface area (Å²) >= 11 is 2.00. The molecule has 0 unspecified atom stereocenters. The maximum atomic E-state index is 9.18. The van der Waals surface area contributed by atoms with Gasteiger partial charge in [-0.05, 0) is 46.4 Å². The highest BCUT2D eigenvalue weighted by molar-refractivity contribution is 14.1. The van der Waals surface area contributed by atoms with Crippen LogP contribution in [0.2, 0.25) is 0 Å². The predicted octanol–water partition coefficient (Wildman–Crippen LogP) is 2.53. The van der Waals surface area contributed by atoms with Crippen LogP contribution in [-0.2, 0) is 0 Å². The summed E-state index contributed by atoms with van der Waals surface area (Å²) in [4.78, 5) is 0. The summed E-state index contributed by atoms with van der Waals surface area (Å²) in [7, 11) is 0. The molecule has 1 rings (SSSR count). The Morgan fingerprint density at radius 1 is 1.58 bits per heavy atom. The van der Waals surface area contributed by atoms with Crippen LogP contribution in [0.1, 0.15) is 5.56 Å². The van der Waals surface area contributed by atoms with Crippen molar-refractivity contribution in [2.75, 3.05) is 0 Å². The van der Waals surface area contributed by atoms with Crippen LogP contribution in [0, 0.1) is 14.9 Å². The fourth-order valence-electron chi connectivity index (χ4n) is 0.759. The van der Waals surface area contributed by atoms with Crippen molar-refractivity contribution in [3.05, 3.63) is 33.9 Å². The van der Waals surface area contributed by atoms with Crippen LogP contribution in [0.5, 0.6) is 5.75 Å². The van der Waals surface area contributed by atoms with Crippen molar-refractivity contribution in [2.24, 2.45) is 0 Å². The van der Waals surface area contributed by atoms with Gasteiger partial charge in [0.2, 0.25) is 0 Å². The van der Waals surface area contributed by atoms with Gasteiger partial charge in [-0.3, -0.25) is 0 Å². The lowest BCUT2D eigenvalue weighted by Gasteiger charge is -1.99. The van der Waals surface area contributed by atoms with Gasteiger partial charge in [0.25, 0.3) is 0 Å². The monoisotopic (exact) mass is 271 g/mol. The molecule has 0 aliphatic carbocycles. The first-order valence-electron chi connectivity index (χ1n) is 3.23. The quantitative estimate of drug-likeness (QED) is 0.630. The number of hydrogen-bond donors (Lipinski definition) is 1. The second-order valence-electron chi connectivity index (χ2n) is 2.26. The Balaban J connectivity index is 3.15. The molecular weight excluding hydrogens is 265 g/mol. The molecule has 60 valence electrons. The van der Waals surface area contributed by atoms with E-state index < -0.39 is 0 Å². The molecule has 12 heavy (non-hydrogen) atoms. The fraction of sp³-hybridized carbons (Fsp3) is 0. The standard InChI is InChI=1S/C9H6INO/c1-6(5-11)7-2-3-9(12)8(10)4-7/h2-4,12H,1H2. The van der Waals surface area contributed by atoms with E-state index in [-0.39, 0.29) is 5.75 Å². The zero-order valence-corrected chi connectivity index (χ0v) is 8.37. The Morgan fingerprint density at radius 3 is 2.75 bits per heavy atom. The molecule has 1 aromatic carbocycles. The second kappa shape index (κ2) is 3.59. The molecule has 0 bridgehead atoms. The number of allylic oxidation sites excluding steroid dienone is 1. The highest BCUT2D eigenvalue weighted by atomic mass is 127. The van der Waals surface area contributed by atoms with E-state index in [1.165, 1.54) is 0 Å². The highest BCUT2D eigenvalue weighted by Crippen LogP contribution is 2.23. The minimum absolute atomic E-state index is 0.227. The molecule has 0 spiro atoms. The summed E-state index contributed by atoms with van der Waals surface area (Å²) in [5, 5.41) is 17.7. The number of phenols is 1. The molecule has 0 aromatic heterocycles. The number of benzene rings is 1. The third-order valence-electron chi connectivity index (χ3n) is 1.43. The zero-order valence-electron chi connectivity index (χ0n) is 6.21. The van der Waals surface area contributed by atoms with Gasteiger partial charge < -0.3 is 5.11 Å². The van der Waals surface area contributed by atoms with Crippen LogP contribution in [0.3, 0.4) is 0 Å². The van der Waals surface area contributed by atoms with Gasteiger partial charge in [0, 0.05) is 0 Å². The van der Waals surface area contributed by atoms with Gasteiger partial charge in [-0.15, -0.1) is 0 Å². The molecule has 0 aliphatic rings. The van der Waals surface area contributed by atoms with Crippen molar-refractivity contribution in [3.63, 3.8) is 0 Å². The molecule has 0 fully saturated rings. The van der Waals surface area contributed by atoms with Gasteiger partial charge in [0.15, 0.2) is 0 Å². The summed E-state index contributed by atoms with van der Waals surface area (Å²) in [5.41, 5.74) is 1.16. The van der Waals surface area contributed by atoms with Crippen LogP contribution in [0.15, 0.2) is 24.8 Å². The number of nitrogens with zero attached hydrogens (tertiary/aromatic N) is 1. The zero-order chi connectivity index (χ0) is 9.14. The average Bonchev–Trinajstić information content (AvgIpc) is 2.08. The molecule has 0 saturated heterocycles. The summed E-state index contributed by atoms with van der Waals surface area (Å²) < 4.78 is 0.724. The molecule has 0 amide bonds. The molecule has 1 N–H and O–H groups in total. The molecule has 0 atom stereocenters. The van der Waals surface area contributed by atoms with E-state index in [2.05, 4.69) is 6.58 Å². The van der Waals surface area contributed by atoms with Gasteiger partial charge in [-0.1, -0.05) is 6.58 Å². The maximum Gasteiger partial charge on any atom is 0.128 e. The van der Waals surface area contributed by atoms with Crippen LogP contribution < -0.4 is 0 Å². The minimum Gasteiger partial charge on any atom is -0.507 e. The van der Waals surface area contributed by atoms with Gasteiger partial charge in [0.05, 0.1) is 15.2 Å². The first-order chi connectivity index (χ1) is 5.65. The van der Waals surface area contributed by atoms with Crippen molar-refractivity contribution in [3.8, 4) is 11.8 Å². The molecule has 2 nitrogen and oxygen atoms in total. The van der Waals surface area contributed by atoms with Crippen molar-refractivity contribution >= 4 is 28.2 Å². The van der Waals surface area contributed by atoms with E-state index in [1.54, 1.807) is 18.2 Å². The van der Waals surface area contributed by atoms with E-state index in [9.17, 15) is 5.11 Å². The van der Waals surface area contributed by atoms with Gasteiger partial charge in [-0.25, -0.2) is 0 Å². The van der Waals surface area contributed by atoms with E-state index in [0.29, 0.717) is 5.57 Å². The van der Waals surface area contributed by atoms with E-state index in [4.69, 9.17) is 5.26 Å². The van der Waals surface area contributed by atoms with Gasteiger partial charge in [-0.2, -0.15) is 5.26 Å². The number of halogens is 1. The Morgan fingerprint density at radius 2 is 2.25 bits per heavy atom. The lowest BCUT2D eigenvalue weighted by Crippen LogP contribution is -1.81. The maximum absolute atomic E-state index is 9.18. The number of aromatic hydroxyl groups is 1. The number of rotatable bonds is 1. The van der Waals surface area contributed by atoms with Gasteiger partial charge in [0.1, 0.15) is 5.75 Å². The molecular formula is C9H6INO. The second-order valence-corrected chi connectivity index (χ2v) is 3.42. The Hall–Kier alpha value is -1.02. The van der Waals surface area contributed by atoms with Crippen molar-refractivity contribution in [1.29, 1.82) is 5.26 Å². The Labute approximate surface area is 84.3 Å². The molecule has 3 heteroatoms. The first-order valence-corrected chi connectivity index (χ1v) is 4.31. The molecule has 0 heterocycles. The van der Waals surface area contributed by atoms with Crippen LogP contribution in [0.25, 0.3) is 5.57 Å². The molecule has 0 radical (unpaired) electrons. The number of hydrogen-bond acceptors (Lipinski definition) is 2. The van der Waals surface area contributed by atoms with E-state index in [1.807, 2.05) is 28.7 Å². The lowest BCUT2D eigenvalue weighted by molar-refractivity contribution is 0.471. The van der Waals surface area contributed by atoms with Crippen LogP contribution >= 0.6 is 22.6 Å². The van der Waals surface area contributed by atoms with Crippen molar-refractivity contribution in [1.82, 2.24) is 0 Å².